The Morgan fingerprint density at radius 2 is 2.25 bits per heavy atom. The predicted molar refractivity (Wildman–Crippen MR) is 57.4 cm³/mol. The maximum absolute atomic E-state index is 11.4. The number of hydrogen-bond acceptors (Lipinski definition) is 4. The molecule has 0 unspecified atom stereocenters. The van der Waals surface area contributed by atoms with E-state index in [4.69, 9.17) is 5.26 Å². The lowest BCUT2D eigenvalue weighted by molar-refractivity contribution is -0.136. The fraction of sp³-hybridized carbons (Fsp3) is 0.818. The van der Waals surface area contributed by atoms with E-state index in [1.165, 1.54) is 0 Å². The van der Waals surface area contributed by atoms with Gasteiger partial charge in [-0.15, -0.1) is 0 Å². The molecule has 2 rings (SSSR count). The van der Waals surface area contributed by atoms with Crippen LogP contribution in [0.15, 0.2) is 0 Å². The number of likely N-dealkylation sites (tertiary alicyclic amines) is 1. The first kappa shape index (κ1) is 11.4. The Labute approximate surface area is 95.0 Å². The smallest absolute Gasteiger partial charge is 0.234 e. The predicted octanol–water partition coefficient (Wildman–Crippen LogP) is -0.527. The summed E-state index contributed by atoms with van der Waals surface area (Å²) in [5.41, 5.74) is -0.521. The molecule has 0 aromatic carbocycles. The minimum absolute atomic E-state index is 0.0619. The normalized spacial score (nSPS) is 23.2. The largest absolute Gasteiger partial charge is 0.387 e. The van der Waals surface area contributed by atoms with E-state index in [0.29, 0.717) is 38.5 Å². The van der Waals surface area contributed by atoms with Crippen molar-refractivity contribution in [2.24, 2.45) is 5.92 Å². The van der Waals surface area contributed by atoms with Crippen molar-refractivity contribution < 1.29 is 9.90 Å². The minimum Gasteiger partial charge on any atom is -0.387 e. The number of amides is 1. The van der Waals surface area contributed by atoms with Crippen molar-refractivity contribution in [3.8, 4) is 6.07 Å². The fourth-order valence-corrected chi connectivity index (χ4v) is 2.24. The van der Waals surface area contributed by atoms with Crippen LogP contribution in [0.5, 0.6) is 0 Å². The molecule has 1 aliphatic carbocycles. The number of nitrogens with one attached hydrogen (secondary N) is 1. The first-order valence-electron chi connectivity index (χ1n) is 5.72. The van der Waals surface area contributed by atoms with E-state index in [-0.39, 0.29) is 5.91 Å². The Kier molecular flexibility index (Phi) is 3.13. The fourth-order valence-electron chi connectivity index (χ4n) is 2.24. The summed E-state index contributed by atoms with van der Waals surface area (Å²) < 4.78 is 0. The van der Waals surface area contributed by atoms with Crippen molar-refractivity contribution in [3.63, 3.8) is 0 Å². The molecule has 1 saturated heterocycles. The zero-order valence-electron chi connectivity index (χ0n) is 9.28. The molecule has 1 aliphatic heterocycles. The number of hydrogen-bond donors (Lipinski definition) is 2. The molecule has 0 aromatic rings. The van der Waals surface area contributed by atoms with Gasteiger partial charge in [-0.05, 0) is 18.8 Å². The summed E-state index contributed by atoms with van der Waals surface area (Å²) in [5, 5.41) is 21.0. The maximum Gasteiger partial charge on any atom is 0.234 e. The molecule has 5 heteroatoms. The number of carbonyl (C=O) groups excluding carboxylic acids is 1. The van der Waals surface area contributed by atoms with Gasteiger partial charge in [0.1, 0.15) is 0 Å². The molecule has 0 aromatic heterocycles. The Balaban J connectivity index is 1.61. The van der Waals surface area contributed by atoms with Crippen molar-refractivity contribution in [3.05, 3.63) is 0 Å². The molecule has 1 amide bonds. The zero-order valence-corrected chi connectivity index (χ0v) is 9.28. The zero-order chi connectivity index (χ0) is 11.6. The lowest BCUT2D eigenvalue weighted by Gasteiger charge is -2.46. The van der Waals surface area contributed by atoms with Crippen LogP contribution < -0.4 is 5.32 Å². The molecule has 88 valence electrons. The number of carbonyl (C=O) groups is 1. The topological polar surface area (TPSA) is 76.4 Å². The van der Waals surface area contributed by atoms with Crippen LogP contribution in [-0.4, -0.2) is 47.7 Å². The van der Waals surface area contributed by atoms with E-state index in [1.807, 2.05) is 11.0 Å². The SMILES string of the molecule is N#CCCNC(=O)CN1CC(O)(C2CC2)C1. The van der Waals surface area contributed by atoms with Crippen molar-refractivity contribution >= 4 is 5.91 Å². The molecule has 1 saturated carbocycles. The number of β-amino-alcohol motifs (C(OH)–C–C–N with tert-alkyl or cyclic N) is 1. The van der Waals surface area contributed by atoms with E-state index < -0.39 is 5.60 Å². The molecule has 2 aliphatic rings. The van der Waals surface area contributed by atoms with Gasteiger partial charge in [0, 0.05) is 19.6 Å². The highest BCUT2D eigenvalue weighted by atomic mass is 16.3. The number of nitriles is 1. The average Bonchev–Trinajstić information content (AvgIpc) is 2.98. The second-order valence-corrected chi connectivity index (χ2v) is 4.78. The minimum atomic E-state index is -0.521. The maximum atomic E-state index is 11.4. The highest BCUT2D eigenvalue weighted by molar-refractivity contribution is 5.78. The van der Waals surface area contributed by atoms with Crippen LogP contribution in [0.25, 0.3) is 0 Å². The van der Waals surface area contributed by atoms with Crippen LogP contribution in [0.4, 0.5) is 0 Å². The van der Waals surface area contributed by atoms with E-state index in [0.717, 1.165) is 12.8 Å². The summed E-state index contributed by atoms with van der Waals surface area (Å²) in [6.45, 7) is 1.98. The summed E-state index contributed by atoms with van der Waals surface area (Å²) in [6.07, 6.45) is 2.59. The van der Waals surface area contributed by atoms with E-state index in [9.17, 15) is 9.90 Å². The highest BCUT2D eigenvalue weighted by Crippen LogP contribution is 2.44. The van der Waals surface area contributed by atoms with E-state index >= 15 is 0 Å². The summed E-state index contributed by atoms with van der Waals surface area (Å²) in [4.78, 5) is 13.3. The van der Waals surface area contributed by atoms with Gasteiger partial charge in [-0.25, -0.2) is 0 Å². The molecule has 0 radical (unpaired) electrons. The third-order valence-electron chi connectivity index (χ3n) is 3.26. The first-order chi connectivity index (χ1) is 7.64. The van der Waals surface area contributed by atoms with Gasteiger partial charge in [0.2, 0.25) is 5.91 Å². The lowest BCUT2D eigenvalue weighted by atomic mass is 9.89. The van der Waals surface area contributed by atoms with Crippen LogP contribution in [-0.2, 0) is 4.79 Å². The monoisotopic (exact) mass is 223 g/mol. The van der Waals surface area contributed by atoms with Crippen LogP contribution in [0, 0.1) is 17.2 Å². The molecule has 0 spiro atoms. The molecule has 2 N–H and O–H groups in total. The summed E-state index contributed by atoms with van der Waals surface area (Å²) in [6, 6.07) is 1.97. The Hall–Kier alpha value is -1.12. The summed E-state index contributed by atoms with van der Waals surface area (Å²) in [5.74, 6) is 0.401. The first-order valence-corrected chi connectivity index (χ1v) is 5.72. The third-order valence-corrected chi connectivity index (χ3v) is 3.26. The Morgan fingerprint density at radius 1 is 1.56 bits per heavy atom. The van der Waals surface area contributed by atoms with Gasteiger partial charge in [0.25, 0.3) is 0 Å². The molecular formula is C11H17N3O2. The molecule has 5 nitrogen and oxygen atoms in total. The van der Waals surface area contributed by atoms with Gasteiger partial charge in [-0.1, -0.05) is 0 Å². The van der Waals surface area contributed by atoms with Crippen molar-refractivity contribution in [1.29, 1.82) is 5.26 Å². The molecule has 2 fully saturated rings. The molecule has 16 heavy (non-hydrogen) atoms. The van der Waals surface area contributed by atoms with Crippen molar-refractivity contribution in [2.75, 3.05) is 26.2 Å². The van der Waals surface area contributed by atoms with Gasteiger partial charge in [-0.3, -0.25) is 9.69 Å². The number of nitrogens with zero attached hydrogens (tertiary/aromatic N) is 2. The van der Waals surface area contributed by atoms with E-state index in [2.05, 4.69) is 5.32 Å². The average molecular weight is 223 g/mol. The number of aliphatic hydroxyl groups is 1. The van der Waals surface area contributed by atoms with Gasteiger partial charge < -0.3 is 10.4 Å². The molecule has 0 bridgehead atoms. The van der Waals surface area contributed by atoms with Gasteiger partial charge in [-0.2, -0.15) is 5.26 Å². The summed E-state index contributed by atoms with van der Waals surface area (Å²) >= 11 is 0. The van der Waals surface area contributed by atoms with Crippen molar-refractivity contribution in [2.45, 2.75) is 24.9 Å². The molecule has 0 atom stereocenters. The van der Waals surface area contributed by atoms with E-state index in [1.54, 1.807) is 0 Å². The summed E-state index contributed by atoms with van der Waals surface area (Å²) in [7, 11) is 0. The van der Waals surface area contributed by atoms with Crippen LogP contribution in [0.1, 0.15) is 19.3 Å². The lowest BCUT2D eigenvalue weighted by Crippen LogP contribution is -2.64. The van der Waals surface area contributed by atoms with Crippen molar-refractivity contribution in [1.82, 2.24) is 10.2 Å². The van der Waals surface area contributed by atoms with Gasteiger partial charge in [0.15, 0.2) is 0 Å². The second-order valence-electron chi connectivity index (χ2n) is 4.78. The van der Waals surface area contributed by atoms with Gasteiger partial charge >= 0.3 is 0 Å². The highest BCUT2D eigenvalue weighted by Gasteiger charge is 2.51. The quantitative estimate of drug-likeness (QED) is 0.614. The van der Waals surface area contributed by atoms with Gasteiger partial charge in [0.05, 0.1) is 24.6 Å². The van der Waals surface area contributed by atoms with Crippen LogP contribution in [0.3, 0.4) is 0 Å². The molecular weight excluding hydrogens is 206 g/mol. The standard InChI is InChI=1S/C11H17N3O2/c12-4-1-5-13-10(15)6-14-7-11(16,8-14)9-2-3-9/h9,16H,1-3,5-8H2,(H,13,15). The molecule has 1 heterocycles. The third kappa shape index (κ3) is 2.52. The van der Waals surface area contributed by atoms with Crippen LogP contribution >= 0.6 is 0 Å². The number of rotatable bonds is 5. The second kappa shape index (κ2) is 4.40. The van der Waals surface area contributed by atoms with Crippen LogP contribution in [0.2, 0.25) is 0 Å². The Bertz CT molecular complexity index is 314. The Morgan fingerprint density at radius 3 is 2.81 bits per heavy atom.